The Balaban J connectivity index is 0.000000505. The van der Waals surface area contributed by atoms with Crippen molar-refractivity contribution < 1.29 is 27.6 Å². The van der Waals surface area contributed by atoms with E-state index in [-0.39, 0.29) is 0 Å². The van der Waals surface area contributed by atoms with Crippen molar-refractivity contribution in [3.63, 3.8) is 0 Å². The Kier molecular flexibility index (Phi) is 8.96. The molecule has 7 nitrogen and oxygen atoms in total. The van der Waals surface area contributed by atoms with Crippen LogP contribution in [-0.2, 0) is 4.79 Å². The Morgan fingerprint density at radius 1 is 1.24 bits per heavy atom. The fourth-order valence-electron chi connectivity index (χ4n) is 4.33. The molecule has 3 aromatic rings. The molecule has 0 bridgehead atoms. The molecule has 2 N–H and O–H groups in total. The molecule has 1 aliphatic rings. The zero-order valence-corrected chi connectivity index (χ0v) is 21.4. The van der Waals surface area contributed by atoms with Gasteiger partial charge in [0.05, 0.1) is 17.3 Å². The number of rotatable bonds is 6. The molecule has 4 rings (SSSR count). The smallest absolute Gasteiger partial charge is 0.475 e. The molecule has 38 heavy (non-hydrogen) atoms. The number of allylic oxidation sites excluding steroid dienone is 1. The molecular formula is C28H29F3N4O3. The number of halogens is 3. The van der Waals surface area contributed by atoms with E-state index in [2.05, 4.69) is 65.3 Å². The number of carboxylic acid groups (broad SMARTS) is 1. The lowest BCUT2D eigenvalue weighted by Crippen LogP contribution is -2.27. The Bertz CT molecular complexity index is 1320. The second-order valence-electron chi connectivity index (χ2n) is 9.11. The van der Waals surface area contributed by atoms with Crippen LogP contribution in [0.1, 0.15) is 29.0 Å². The third-order valence-corrected chi connectivity index (χ3v) is 6.33. The number of aryl methyl sites for hydroxylation is 3. The number of carboxylic acids is 1. The van der Waals surface area contributed by atoms with E-state index >= 15 is 0 Å². The van der Waals surface area contributed by atoms with Gasteiger partial charge in [0, 0.05) is 23.5 Å². The van der Waals surface area contributed by atoms with E-state index < -0.39 is 12.1 Å². The molecule has 1 unspecified atom stereocenters. The third-order valence-electron chi connectivity index (χ3n) is 6.33. The molecule has 1 saturated heterocycles. The molecular weight excluding hydrogens is 497 g/mol. The summed E-state index contributed by atoms with van der Waals surface area (Å²) in [6.07, 6.45) is -3.91. The molecule has 1 aliphatic heterocycles. The number of hydrogen-bond acceptors (Lipinski definition) is 6. The second-order valence-corrected chi connectivity index (χ2v) is 9.11. The van der Waals surface area contributed by atoms with Gasteiger partial charge in [0.1, 0.15) is 5.76 Å². The molecule has 0 saturated carbocycles. The van der Waals surface area contributed by atoms with Gasteiger partial charge in [0.2, 0.25) is 0 Å². The van der Waals surface area contributed by atoms with Gasteiger partial charge in [0.25, 0.3) is 0 Å². The molecule has 2 heterocycles. The lowest BCUT2D eigenvalue weighted by atomic mass is 9.99. The van der Waals surface area contributed by atoms with Crippen LogP contribution in [0, 0.1) is 38.0 Å². The Morgan fingerprint density at radius 3 is 2.39 bits per heavy atom. The first kappa shape index (κ1) is 28.5. The highest BCUT2D eigenvalue weighted by Crippen LogP contribution is 2.36. The van der Waals surface area contributed by atoms with Gasteiger partial charge in [-0.3, -0.25) is 0 Å². The van der Waals surface area contributed by atoms with Crippen molar-refractivity contribution in [2.24, 2.45) is 5.92 Å². The highest BCUT2D eigenvalue weighted by Gasteiger charge is 2.38. The van der Waals surface area contributed by atoms with E-state index in [1.807, 2.05) is 26.0 Å². The molecule has 2 aromatic carbocycles. The number of nitrogens with zero attached hydrogens (tertiary/aromatic N) is 3. The summed E-state index contributed by atoms with van der Waals surface area (Å²) in [5.41, 5.74) is 7.91. The van der Waals surface area contributed by atoms with E-state index in [4.69, 9.17) is 19.7 Å². The lowest BCUT2D eigenvalue weighted by Gasteiger charge is -2.30. The first-order valence-electron chi connectivity index (χ1n) is 11.9. The van der Waals surface area contributed by atoms with Crippen molar-refractivity contribution in [2.45, 2.75) is 33.4 Å². The highest BCUT2D eigenvalue weighted by molar-refractivity contribution is 5.79. The summed E-state index contributed by atoms with van der Waals surface area (Å²) in [6.45, 7) is 12.9. The minimum absolute atomic E-state index is 0.481. The molecule has 0 spiro atoms. The predicted molar refractivity (Wildman–Crippen MR) is 139 cm³/mol. The van der Waals surface area contributed by atoms with Crippen LogP contribution in [0.2, 0.25) is 0 Å². The Morgan fingerprint density at radius 2 is 1.89 bits per heavy atom. The van der Waals surface area contributed by atoms with Crippen LogP contribution in [0.4, 0.5) is 24.5 Å². The van der Waals surface area contributed by atoms with Gasteiger partial charge in [-0.1, -0.05) is 36.0 Å². The molecule has 1 atom stereocenters. The average molecular weight is 527 g/mol. The van der Waals surface area contributed by atoms with Gasteiger partial charge in [-0.15, -0.1) is 0 Å². The van der Waals surface area contributed by atoms with Crippen LogP contribution in [0.25, 0.3) is 16.7 Å². The predicted octanol–water partition coefficient (Wildman–Crippen LogP) is 6.18. The van der Waals surface area contributed by atoms with Gasteiger partial charge in [-0.05, 0) is 81.1 Å². The van der Waals surface area contributed by atoms with Crippen molar-refractivity contribution in [3.05, 3.63) is 71.6 Å². The minimum atomic E-state index is -5.08. The van der Waals surface area contributed by atoms with Crippen molar-refractivity contribution >= 4 is 22.9 Å². The quantitative estimate of drug-likeness (QED) is 0.370. The molecule has 10 heteroatoms. The maximum absolute atomic E-state index is 10.6. The fraction of sp³-hybridized carbons (Fsp3) is 0.321. The normalized spacial score (nSPS) is 14.8. The van der Waals surface area contributed by atoms with Crippen LogP contribution in [0.15, 0.2) is 53.6 Å². The number of alkyl halides is 3. The van der Waals surface area contributed by atoms with Gasteiger partial charge in [0.15, 0.2) is 0 Å². The van der Waals surface area contributed by atoms with Gasteiger partial charge < -0.3 is 19.8 Å². The SMILES string of the molecule is C=C(C#N)c1ccc(N(CC2CCNC2)c2cc(-c3c(C)noc3C)ccc2C)cc1.O=C(O)C(F)(F)F. The first-order chi connectivity index (χ1) is 17.9. The van der Waals surface area contributed by atoms with Gasteiger partial charge >= 0.3 is 12.1 Å². The van der Waals surface area contributed by atoms with Crippen LogP contribution in [0.5, 0.6) is 0 Å². The lowest BCUT2D eigenvalue weighted by molar-refractivity contribution is -0.192. The molecule has 1 aromatic heterocycles. The maximum atomic E-state index is 10.6. The number of aromatic nitrogens is 1. The van der Waals surface area contributed by atoms with Crippen LogP contribution >= 0.6 is 0 Å². The fourth-order valence-corrected chi connectivity index (χ4v) is 4.33. The van der Waals surface area contributed by atoms with Crippen molar-refractivity contribution in [1.82, 2.24) is 10.5 Å². The molecule has 1 fully saturated rings. The first-order valence-corrected chi connectivity index (χ1v) is 11.9. The highest BCUT2D eigenvalue weighted by atomic mass is 19.4. The largest absolute Gasteiger partial charge is 0.490 e. The van der Waals surface area contributed by atoms with Crippen LogP contribution in [-0.4, -0.2) is 42.0 Å². The van der Waals surface area contributed by atoms with Crippen molar-refractivity contribution in [2.75, 3.05) is 24.5 Å². The second kappa shape index (κ2) is 12.0. The number of nitriles is 1. The average Bonchev–Trinajstić information content (AvgIpc) is 3.52. The van der Waals surface area contributed by atoms with E-state index in [1.54, 1.807) is 0 Å². The molecule has 200 valence electrons. The third kappa shape index (κ3) is 6.81. The van der Waals surface area contributed by atoms with Crippen molar-refractivity contribution in [1.29, 1.82) is 5.26 Å². The monoisotopic (exact) mass is 526 g/mol. The number of anilines is 2. The summed E-state index contributed by atoms with van der Waals surface area (Å²) in [5, 5.41) is 23.9. The van der Waals surface area contributed by atoms with E-state index in [1.165, 1.54) is 17.7 Å². The summed E-state index contributed by atoms with van der Waals surface area (Å²) < 4.78 is 37.1. The number of hydrogen-bond donors (Lipinski definition) is 2. The standard InChI is InChI=1S/C26H28N4O.C2HF3O2/c1-17-5-6-23(26-19(3)29-31-20(26)4)13-25(17)30(16-21-11-12-28-15-21)24-9-7-22(8-10-24)18(2)14-27;3-2(4,5)1(6)7/h5-10,13,21,28H,2,11-12,15-16H2,1,3-4H3;(H,6,7). The van der Waals surface area contributed by atoms with Crippen molar-refractivity contribution in [3.8, 4) is 17.2 Å². The summed E-state index contributed by atoms with van der Waals surface area (Å²) in [5.74, 6) is -1.35. The summed E-state index contributed by atoms with van der Waals surface area (Å²) in [7, 11) is 0. The number of carbonyl (C=O) groups is 1. The van der Waals surface area contributed by atoms with E-state index in [0.717, 1.165) is 53.5 Å². The molecule has 0 radical (unpaired) electrons. The zero-order chi connectivity index (χ0) is 28.0. The summed E-state index contributed by atoms with van der Waals surface area (Å²) in [6, 6.07) is 16.8. The number of aliphatic carboxylic acids is 1. The minimum Gasteiger partial charge on any atom is -0.475 e. The summed E-state index contributed by atoms with van der Waals surface area (Å²) >= 11 is 0. The van der Waals surface area contributed by atoms with E-state index in [0.29, 0.717) is 11.5 Å². The number of benzene rings is 2. The number of nitrogens with one attached hydrogen (secondary N) is 1. The maximum Gasteiger partial charge on any atom is 0.490 e. The van der Waals surface area contributed by atoms with Gasteiger partial charge in [-0.2, -0.15) is 18.4 Å². The van der Waals surface area contributed by atoms with Gasteiger partial charge in [-0.25, -0.2) is 4.79 Å². The van der Waals surface area contributed by atoms with E-state index in [9.17, 15) is 13.2 Å². The zero-order valence-electron chi connectivity index (χ0n) is 21.4. The van der Waals surface area contributed by atoms with Crippen LogP contribution < -0.4 is 10.2 Å². The summed E-state index contributed by atoms with van der Waals surface area (Å²) in [4.78, 5) is 11.3. The topological polar surface area (TPSA) is 102 Å². The Labute approximate surface area is 219 Å². The van der Waals surface area contributed by atoms with Crippen LogP contribution in [0.3, 0.4) is 0 Å². The molecule has 0 aliphatic carbocycles. The Hall–Kier alpha value is -4.10. The molecule has 0 amide bonds.